The molecule has 20 heavy (non-hydrogen) atoms. The highest BCUT2D eigenvalue weighted by Gasteiger charge is 2.27. The van der Waals surface area contributed by atoms with Gasteiger partial charge in [-0.3, -0.25) is 5.01 Å². The van der Waals surface area contributed by atoms with Crippen molar-refractivity contribution in [2.75, 3.05) is 12.1 Å². The first-order valence-electron chi connectivity index (χ1n) is 6.59. The minimum atomic E-state index is 0.142. The van der Waals surface area contributed by atoms with E-state index in [1.807, 2.05) is 47.5 Å². The molecule has 0 bridgehead atoms. The largest absolute Gasteiger partial charge is 0.497 e. The molecule has 2 aromatic carbocycles. The molecule has 2 aromatic rings. The molecule has 1 heterocycles. The number of hydrazone groups is 1. The Morgan fingerprint density at radius 2 is 1.80 bits per heavy atom. The van der Waals surface area contributed by atoms with E-state index in [4.69, 9.17) is 10.5 Å². The van der Waals surface area contributed by atoms with Gasteiger partial charge < -0.3 is 10.5 Å². The summed E-state index contributed by atoms with van der Waals surface area (Å²) in [6.07, 6.45) is 0.737. The number of methoxy groups -OCH3 is 1. The Morgan fingerprint density at radius 1 is 1.10 bits per heavy atom. The van der Waals surface area contributed by atoms with Crippen LogP contribution in [0.15, 0.2) is 59.7 Å². The molecule has 4 heteroatoms. The third kappa shape index (κ3) is 2.32. The Labute approximate surface area is 118 Å². The summed E-state index contributed by atoms with van der Waals surface area (Å²) in [5.41, 5.74) is 8.16. The molecule has 0 amide bonds. The van der Waals surface area contributed by atoms with Gasteiger partial charge in [0.25, 0.3) is 0 Å². The average Bonchev–Trinajstić information content (AvgIpc) is 2.90. The maximum atomic E-state index is 5.93. The van der Waals surface area contributed by atoms with Crippen LogP contribution in [-0.2, 0) is 0 Å². The molecule has 0 radical (unpaired) electrons. The second kappa shape index (κ2) is 5.25. The number of nitrogens with zero attached hydrogens (tertiary/aromatic N) is 2. The first kappa shape index (κ1) is 12.5. The van der Waals surface area contributed by atoms with Gasteiger partial charge in [-0.05, 0) is 29.8 Å². The number of hydrogen-bond acceptors (Lipinski definition) is 4. The van der Waals surface area contributed by atoms with Crippen LogP contribution in [0, 0.1) is 0 Å². The molecular weight excluding hydrogens is 250 g/mol. The van der Waals surface area contributed by atoms with Crippen molar-refractivity contribution in [1.29, 1.82) is 0 Å². The molecule has 0 unspecified atom stereocenters. The molecule has 0 saturated carbocycles. The van der Waals surface area contributed by atoms with Crippen LogP contribution >= 0.6 is 0 Å². The Bertz CT molecular complexity index is 607. The standard InChI is InChI=1S/C16H17N3O/c1-20-14-9-7-12(8-10-14)15-11-16(17)18-19(15)13-5-3-2-4-6-13/h2-10,15H,11H2,1H3,(H2,17,18)/t15-/m1/s1. The fourth-order valence-corrected chi connectivity index (χ4v) is 2.44. The number of rotatable bonds is 3. The first-order valence-corrected chi connectivity index (χ1v) is 6.59. The van der Waals surface area contributed by atoms with E-state index in [0.29, 0.717) is 5.84 Å². The fraction of sp³-hybridized carbons (Fsp3) is 0.188. The summed E-state index contributed by atoms with van der Waals surface area (Å²) in [5, 5.41) is 6.44. The Hall–Kier alpha value is -2.49. The van der Waals surface area contributed by atoms with Gasteiger partial charge in [0.15, 0.2) is 0 Å². The molecule has 0 fully saturated rings. The molecule has 0 aromatic heterocycles. The highest BCUT2D eigenvalue weighted by Crippen LogP contribution is 2.34. The second-order valence-corrected chi connectivity index (χ2v) is 4.76. The molecular formula is C16H17N3O. The zero-order chi connectivity index (χ0) is 13.9. The SMILES string of the molecule is COc1ccc([C@H]2CC(N)=NN2c2ccccc2)cc1. The summed E-state index contributed by atoms with van der Waals surface area (Å²) in [5.74, 6) is 1.52. The van der Waals surface area contributed by atoms with E-state index in [9.17, 15) is 0 Å². The predicted molar refractivity (Wildman–Crippen MR) is 80.9 cm³/mol. The monoisotopic (exact) mass is 267 g/mol. The molecule has 1 atom stereocenters. The highest BCUT2D eigenvalue weighted by molar-refractivity contribution is 5.85. The average molecular weight is 267 g/mol. The zero-order valence-electron chi connectivity index (χ0n) is 11.4. The molecule has 0 aliphatic carbocycles. The lowest BCUT2D eigenvalue weighted by atomic mass is 10.0. The second-order valence-electron chi connectivity index (χ2n) is 4.76. The van der Waals surface area contributed by atoms with Crippen molar-refractivity contribution in [3.63, 3.8) is 0 Å². The first-order chi connectivity index (χ1) is 9.78. The van der Waals surface area contributed by atoms with E-state index in [1.54, 1.807) is 7.11 Å². The normalized spacial score (nSPS) is 17.9. The Morgan fingerprint density at radius 3 is 2.45 bits per heavy atom. The molecule has 1 aliphatic rings. The number of ether oxygens (including phenoxy) is 1. The van der Waals surface area contributed by atoms with E-state index in [1.165, 1.54) is 5.56 Å². The lowest BCUT2D eigenvalue weighted by Gasteiger charge is -2.23. The van der Waals surface area contributed by atoms with Gasteiger partial charge in [-0.2, -0.15) is 5.10 Å². The van der Waals surface area contributed by atoms with Gasteiger partial charge in [-0.1, -0.05) is 30.3 Å². The molecule has 2 N–H and O–H groups in total. The summed E-state index contributed by atoms with van der Waals surface area (Å²) in [6, 6.07) is 18.3. The maximum absolute atomic E-state index is 5.93. The molecule has 0 spiro atoms. The number of amidine groups is 1. The van der Waals surface area contributed by atoms with Crippen molar-refractivity contribution in [1.82, 2.24) is 0 Å². The fourth-order valence-electron chi connectivity index (χ4n) is 2.44. The van der Waals surface area contributed by atoms with Crippen LogP contribution in [0.25, 0.3) is 0 Å². The quantitative estimate of drug-likeness (QED) is 0.930. The molecule has 0 saturated heterocycles. The van der Waals surface area contributed by atoms with Gasteiger partial charge in [-0.25, -0.2) is 0 Å². The molecule has 3 rings (SSSR count). The number of para-hydroxylation sites is 1. The molecule has 1 aliphatic heterocycles. The van der Waals surface area contributed by atoms with Crippen molar-refractivity contribution in [2.45, 2.75) is 12.5 Å². The van der Waals surface area contributed by atoms with Crippen LogP contribution in [0.5, 0.6) is 5.75 Å². The van der Waals surface area contributed by atoms with Crippen molar-refractivity contribution in [3.8, 4) is 5.75 Å². The van der Waals surface area contributed by atoms with E-state index in [-0.39, 0.29) is 6.04 Å². The van der Waals surface area contributed by atoms with Crippen LogP contribution in [0.3, 0.4) is 0 Å². The minimum Gasteiger partial charge on any atom is -0.497 e. The molecule has 102 valence electrons. The zero-order valence-corrected chi connectivity index (χ0v) is 11.4. The van der Waals surface area contributed by atoms with Gasteiger partial charge in [0.05, 0.1) is 18.8 Å². The van der Waals surface area contributed by atoms with E-state index >= 15 is 0 Å². The molecule has 4 nitrogen and oxygen atoms in total. The number of benzene rings is 2. The van der Waals surface area contributed by atoms with Crippen molar-refractivity contribution in [2.24, 2.45) is 10.8 Å². The summed E-state index contributed by atoms with van der Waals surface area (Å²) in [4.78, 5) is 0. The highest BCUT2D eigenvalue weighted by atomic mass is 16.5. The summed E-state index contributed by atoms with van der Waals surface area (Å²) >= 11 is 0. The van der Waals surface area contributed by atoms with Gasteiger partial charge in [0.2, 0.25) is 0 Å². The van der Waals surface area contributed by atoms with Crippen molar-refractivity contribution < 1.29 is 4.74 Å². The third-order valence-electron chi connectivity index (χ3n) is 3.46. The minimum absolute atomic E-state index is 0.142. The lowest BCUT2D eigenvalue weighted by molar-refractivity contribution is 0.414. The number of nitrogens with two attached hydrogens (primary N) is 1. The van der Waals surface area contributed by atoms with E-state index in [0.717, 1.165) is 17.9 Å². The lowest BCUT2D eigenvalue weighted by Crippen LogP contribution is -2.18. The third-order valence-corrected chi connectivity index (χ3v) is 3.46. The van der Waals surface area contributed by atoms with E-state index < -0.39 is 0 Å². The maximum Gasteiger partial charge on any atom is 0.122 e. The summed E-state index contributed by atoms with van der Waals surface area (Å²) in [6.45, 7) is 0. The van der Waals surface area contributed by atoms with Crippen molar-refractivity contribution >= 4 is 11.5 Å². The topological polar surface area (TPSA) is 50.9 Å². The summed E-state index contributed by atoms with van der Waals surface area (Å²) in [7, 11) is 1.67. The van der Waals surface area contributed by atoms with Crippen LogP contribution in [0.2, 0.25) is 0 Å². The smallest absolute Gasteiger partial charge is 0.122 e. The van der Waals surface area contributed by atoms with Gasteiger partial charge >= 0.3 is 0 Å². The van der Waals surface area contributed by atoms with Crippen LogP contribution in [-0.4, -0.2) is 12.9 Å². The Balaban J connectivity index is 1.92. The Kier molecular flexibility index (Phi) is 3.29. The number of hydrogen-bond donors (Lipinski definition) is 1. The van der Waals surface area contributed by atoms with Gasteiger partial charge in [-0.15, -0.1) is 0 Å². The van der Waals surface area contributed by atoms with Gasteiger partial charge in [0.1, 0.15) is 11.6 Å². The van der Waals surface area contributed by atoms with Crippen molar-refractivity contribution in [3.05, 3.63) is 60.2 Å². The predicted octanol–water partition coefficient (Wildman–Crippen LogP) is 2.92. The van der Waals surface area contributed by atoms with Gasteiger partial charge in [0, 0.05) is 6.42 Å². The van der Waals surface area contributed by atoms with Crippen LogP contribution < -0.4 is 15.5 Å². The van der Waals surface area contributed by atoms with Crippen LogP contribution in [0.4, 0.5) is 5.69 Å². The van der Waals surface area contributed by atoms with Crippen LogP contribution in [0.1, 0.15) is 18.0 Å². The number of anilines is 1. The van der Waals surface area contributed by atoms with E-state index in [2.05, 4.69) is 17.2 Å². The summed E-state index contributed by atoms with van der Waals surface area (Å²) < 4.78 is 5.20.